The second kappa shape index (κ2) is 3.90. The summed E-state index contributed by atoms with van der Waals surface area (Å²) in [5, 5.41) is 0.507. The molecular weight excluding hydrogens is 260 g/mol. The van der Waals surface area contributed by atoms with Gasteiger partial charge < -0.3 is 10.6 Å². The average molecular weight is 269 g/mol. The quantitative estimate of drug-likeness (QED) is 0.849. The van der Waals surface area contributed by atoms with Crippen LogP contribution in [0, 0.1) is 0 Å². The molecular formula is C10H9ClN4OS. The van der Waals surface area contributed by atoms with Crippen LogP contribution in [0.15, 0.2) is 12.1 Å². The Bertz CT molecular complexity index is 599. The first-order valence-electron chi connectivity index (χ1n) is 5.16. The zero-order chi connectivity index (χ0) is 12.0. The van der Waals surface area contributed by atoms with Gasteiger partial charge in [-0.1, -0.05) is 11.6 Å². The van der Waals surface area contributed by atoms with Crippen LogP contribution in [0.2, 0.25) is 5.02 Å². The number of aromatic nitrogens is 2. The Hall–Kier alpha value is -1.24. The predicted octanol–water partition coefficient (Wildman–Crippen LogP) is 1.41. The average Bonchev–Trinajstić information content (AvgIpc) is 2.89. The smallest absolute Gasteiger partial charge is 0.244 e. The maximum Gasteiger partial charge on any atom is 0.244 e. The number of amides is 1. The Balaban J connectivity index is 2.19. The first-order chi connectivity index (χ1) is 8.18. The molecule has 2 N–H and O–H groups in total. The molecule has 1 unspecified atom stereocenters. The molecule has 0 radical (unpaired) electrons. The third-order valence-corrected chi connectivity index (χ3v) is 3.72. The monoisotopic (exact) mass is 268 g/mol. The molecule has 5 nitrogen and oxygen atoms in total. The lowest BCUT2D eigenvalue weighted by Gasteiger charge is -2.17. The largest absolute Gasteiger partial charge is 0.320 e. The topological polar surface area (TPSA) is 72.1 Å². The van der Waals surface area contributed by atoms with E-state index >= 15 is 0 Å². The molecule has 3 rings (SSSR count). The van der Waals surface area contributed by atoms with Crippen molar-refractivity contribution in [2.24, 2.45) is 5.73 Å². The fourth-order valence-electron chi connectivity index (χ4n) is 1.99. The van der Waals surface area contributed by atoms with Crippen molar-refractivity contribution in [2.45, 2.75) is 12.5 Å². The van der Waals surface area contributed by atoms with Gasteiger partial charge in [0.05, 0.1) is 28.5 Å². The summed E-state index contributed by atoms with van der Waals surface area (Å²) in [5.41, 5.74) is 7.77. The number of hydrogen-bond acceptors (Lipinski definition) is 5. The van der Waals surface area contributed by atoms with Crippen molar-refractivity contribution in [3.63, 3.8) is 0 Å². The highest BCUT2D eigenvalue weighted by Gasteiger charge is 2.32. The van der Waals surface area contributed by atoms with E-state index in [4.69, 9.17) is 17.3 Å². The normalized spacial score (nSPS) is 20.5. The van der Waals surface area contributed by atoms with E-state index in [1.807, 2.05) is 0 Å². The number of anilines is 1. The fraction of sp³-hybridized carbons (Fsp3) is 0.300. The summed E-state index contributed by atoms with van der Waals surface area (Å²) in [6.45, 7) is 0.580. The first-order valence-corrected chi connectivity index (χ1v) is 6.27. The number of hydrogen-bond donors (Lipinski definition) is 1. The Morgan fingerprint density at radius 1 is 1.47 bits per heavy atom. The van der Waals surface area contributed by atoms with Crippen molar-refractivity contribution in [1.29, 1.82) is 0 Å². The first kappa shape index (κ1) is 10.9. The van der Waals surface area contributed by atoms with Gasteiger partial charge in [0.15, 0.2) is 0 Å². The van der Waals surface area contributed by atoms with Gasteiger partial charge in [-0.15, -0.1) is 0 Å². The van der Waals surface area contributed by atoms with Crippen LogP contribution in [0.1, 0.15) is 6.42 Å². The molecule has 7 heteroatoms. The summed E-state index contributed by atoms with van der Waals surface area (Å²) in [6.07, 6.45) is 0.642. The lowest BCUT2D eigenvalue weighted by atomic mass is 10.2. The van der Waals surface area contributed by atoms with Crippen LogP contribution in [0.3, 0.4) is 0 Å². The van der Waals surface area contributed by atoms with Gasteiger partial charge in [-0.25, -0.2) is 0 Å². The number of nitrogens with zero attached hydrogens (tertiary/aromatic N) is 3. The van der Waals surface area contributed by atoms with E-state index in [0.717, 1.165) is 17.2 Å². The van der Waals surface area contributed by atoms with Gasteiger partial charge in [0, 0.05) is 6.54 Å². The minimum Gasteiger partial charge on any atom is -0.320 e. The molecule has 88 valence electrons. The number of halogens is 1. The van der Waals surface area contributed by atoms with Crippen LogP contribution >= 0.6 is 23.3 Å². The van der Waals surface area contributed by atoms with Crippen molar-refractivity contribution in [2.75, 3.05) is 11.4 Å². The van der Waals surface area contributed by atoms with E-state index in [1.165, 1.54) is 0 Å². The van der Waals surface area contributed by atoms with Crippen molar-refractivity contribution in [3.05, 3.63) is 17.2 Å². The van der Waals surface area contributed by atoms with E-state index in [0.29, 0.717) is 29.2 Å². The van der Waals surface area contributed by atoms with Crippen molar-refractivity contribution in [3.8, 4) is 0 Å². The highest BCUT2D eigenvalue weighted by Crippen LogP contribution is 2.35. The van der Waals surface area contributed by atoms with Gasteiger partial charge in [-0.3, -0.25) is 4.79 Å². The molecule has 1 saturated heterocycles. The summed E-state index contributed by atoms with van der Waals surface area (Å²) in [5.74, 6) is -0.104. The standard InChI is InChI=1S/C10H9ClN4OS/c11-5-1-2-7-8(14-17-13-7)9(5)15-4-3-6(12)10(15)16/h1-2,6H,3-4,12H2. The third-order valence-electron chi connectivity index (χ3n) is 2.87. The molecule has 0 bridgehead atoms. The predicted molar refractivity (Wildman–Crippen MR) is 67.4 cm³/mol. The number of nitrogens with two attached hydrogens (primary N) is 1. The van der Waals surface area contributed by atoms with Crippen molar-refractivity contribution in [1.82, 2.24) is 8.75 Å². The third kappa shape index (κ3) is 1.60. The Kier molecular flexibility index (Phi) is 2.50. The summed E-state index contributed by atoms with van der Waals surface area (Å²) in [4.78, 5) is 13.5. The Labute approximate surface area is 106 Å². The molecule has 1 aliphatic heterocycles. The summed E-state index contributed by atoms with van der Waals surface area (Å²) in [6, 6.07) is 3.09. The van der Waals surface area contributed by atoms with Crippen LogP contribution < -0.4 is 10.6 Å². The summed E-state index contributed by atoms with van der Waals surface area (Å²) < 4.78 is 8.33. The summed E-state index contributed by atoms with van der Waals surface area (Å²) >= 11 is 7.26. The second-order valence-corrected chi connectivity index (χ2v) is 4.85. The molecule has 2 aromatic rings. The van der Waals surface area contributed by atoms with Gasteiger partial charge in [0.25, 0.3) is 0 Å². The van der Waals surface area contributed by atoms with Crippen molar-refractivity contribution >= 4 is 46.0 Å². The van der Waals surface area contributed by atoms with Crippen molar-refractivity contribution < 1.29 is 4.79 Å². The van der Waals surface area contributed by atoms with Gasteiger partial charge in [-0.2, -0.15) is 8.75 Å². The highest BCUT2D eigenvalue weighted by molar-refractivity contribution is 7.00. The van der Waals surface area contributed by atoms with E-state index in [1.54, 1.807) is 17.0 Å². The number of fused-ring (bicyclic) bond motifs is 1. The zero-order valence-electron chi connectivity index (χ0n) is 8.76. The van der Waals surface area contributed by atoms with Crippen LogP contribution in [0.5, 0.6) is 0 Å². The highest BCUT2D eigenvalue weighted by atomic mass is 35.5. The van der Waals surface area contributed by atoms with Crippen LogP contribution in [-0.2, 0) is 4.79 Å². The van der Waals surface area contributed by atoms with E-state index < -0.39 is 6.04 Å². The molecule has 1 aliphatic rings. The van der Waals surface area contributed by atoms with Crippen LogP contribution in [0.4, 0.5) is 5.69 Å². The molecule has 0 saturated carbocycles. The van der Waals surface area contributed by atoms with Crippen LogP contribution in [0.25, 0.3) is 11.0 Å². The zero-order valence-corrected chi connectivity index (χ0v) is 10.3. The molecule has 1 aromatic carbocycles. The maximum absolute atomic E-state index is 11.9. The van der Waals surface area contributed by atoms with Crippen LogP contribution in [-0.4, -0.2) is 27.2 Å². The van der Waals surface area contributed by atoms with E-state index in [9.17, 15) is 4.79 Å². The molecule has 1 aromatic heterocycles. The molecule has 1 atom stereocenters. The SMILES string of the molecule is NC1CCN(c2c(Cl)ccc3nsnc23)C1=O. The van der Waals surface area contributed by atoms with Gasteiger partial charge in [-0.05, 0) is 18.6 Å². The van der Waals surface area contributed by atoms with E-state index in [2.05, 4.69) is 8.75 Å². The lowest BCUT2D eigenvalue weighted by Crippen LogP contribution is -2.34. The molecule has 0 spiro atoms. The second-order valence-electron chi connectivity index (χ2n) is 3.91. The number of rotatable bonds is 1. The number of benzene rings is 1. The maximum atomic E-state index is 11.9. The molecule has 17 heavy (non-hydrogen) atoms. The minimum absolute atomic E-state index is 0.104. The molecule has 1 fully saturated rings. The molecule has 0 aliphatic carbocycles. The molecule has 1 amide bonds. The van der Waals surface area contributed by atoms with Gasteiger partial charge >= 0.3 is 0 Å². The Morgan fingerprint density at radius 3 is 3.00 bits per heavy atom. The summed E-state index contributed by atoms with van der Waals surface area (Å²) in [7, 11) is 0. The fourth-order valence-corrected chi connectivity index (χ4v) is 2.79. The number of carbonyl (C=O) groups excluding carboxylic acids is 1. The lowest BCUT2D eigenvalue weighted by molar-refractivity contribution is -0.118. The number of carbonyl (C=O) groups is 1. The Morgan fingerprint density at radius 2 is 2.29 bits per heavy atom. The minimum atomic E-state index is -0.437. The van der Waals surface area contributed by atoms with E-state index in [-0.39, 0.29) is 5.91 Å². The van der Waals surface area contributed by atoms with Gasteiger partial charge in [0.1, 0.15) is 11.0 Å². The molecule has 2 heterocycles. The van der Waals surface area contributed by atoms with Gasteiger partial charge in [0.2, 0.25) is 5.91 Å².